The Morgan fingerprint density at radius 2 is 1.51 bits per heavy atom. The van der Waals surface area contributed by atoms with Gasteiger partial charge in [0.05, 0.1) is 10.7 Å². The van der Waals surface area contributed by atoms with E-state index in [-0.39, 0.29) is 11.6 Å². The molecular formula is C34H37ClN6O3S. The Balaban J connectivity index is 0.000000440. The Morgan fingerprint density at radius 3 is 2.09 bits per heavy atom. The number of hydrogen-bond acceptors (Lipinski definition) is 6. The van der Waals surface area contributed by atoms with Crippen LogP contribution in [0.5, 0.6) is 0 Å². The molecule has 3 aromatic carbocycles. The van der Waals surface area contributed by atoms with Crippen LogP contribution >= 0.6 is 23.8 Å². The van der Waals surface area contributed by atoms with E-state index in [1.54, 1.807) is 12.1 Å². The zero-order valence-electron chi connectivity index (χ0n) is 25.5. The Morgan fingerprint density at radius 1 is 0.911 bits per heavy atom. The van der Waals surface area contributed by atoms with E-state index in [2.05, 4.69) is 44.8 Å². The molecule has 1 aliphatic heterocycles. The minimum atomic E-state index is -0.990. The van der Waals surface area contributed by atoms with E-state index < -0.39 is 5.97 Å². The largest absolute Gasteiger partial charge is 0.477 e. The molecule has 11 heteroatoms. The lowest BCUT2D eigenvalue weighted by Crippen LogP contribution is -2.42. The van der Waals surface area contributed by atoms with Gasteiger partial charge in [0.25, 0.3) is 5.91 Å². The SMILES string of the molecule is Cc1ccccc1C(=O)Nc1ccc(NC(=S)Nc2ccc(N(C)C3CCN(C)CC3)c(Cl)c2)cc1.O=C(O)c1ccccn1. The lowest BCUT2D eigenvalue weighted by atomic mass is 10.0. The Bertz CT molecular complexity index is 1610. The van der Waals surface area contributed by atoms with Crippen molar-refractivity contribution in [2.24, 2.45) is 0 Å². The quantitative estimate of drug-likeness (QED) is 0.158. The lowest BCUT2D eigenvalue weighted by Gasteiger charge is -2.36. The number of aromatic carboxylic acids is 1. The number of aryl methyl sites for hydroxylation is 1. The van der Waals surface area contributed by atoms with Crippen LogP contribution in [0.3, 0.4) is 0 Å². The number of pyridine rings is 1. The van der Waals surface area contributed by atoms with E-state index in [0.717, 1.165) is 48.6 Å². The summed E-state index contributed by atoms with van der Waals surface area (Å²) in [6.45, 7) is 4.13. The number of halogens is 1. The number of amides is 1. The highest BCUT2D eigenvalue weighted by Gasteiger charge is 2.22. The van der Waals surface area contributed by atoms with Gasteiger partial charge in [-0.05, 0) is 118 Å². The third-order valence-corrected chi connectivity index (χ3v) is 8.00. The predicted molar refractivity (Wildman–Crippen MR) is 187 cm³/mol. The van der Waals surface area contributed by atoms with Gasteiger partial charge in [-0.1, -0.05) is 35.9 Å². The number of benzene rings is 3. The summed E-state index contributed by atoms with van der Waals surface area (Å²) in [6, 6.07) is 26.1. The second-order valence-electron chi connectivity index (χ2n) is 10.8. The molecule has 45 heavy (non-hydrogen) atoms. The van der Waals surface area contributed by atoms with Gasteiger partial charge < -0.3 is 30.9 Å². The molecule has 0 saturated carbocycles. The molecule has 234 valence electrons. The van der Waals surface area contributed by atoms with Crippen molar-refractivity contribution in [1.82, 2.24) is 9.88 Å². The number of piperidine rings is 1. The molecule has 4 N–H and O–H groups in total. The highest BCUT2D eigenvalue weighted by atomic mass is 35.5. The summed E-state index contributed by atoms with van der Waals surface area (Å²) in [6.07, 6.45) is 3.71. The molecule has 1 saturated heterocycles. The van der Waals surface area contributed by atoms with E-state index in [9.17, 15) is 9.59 Å². The molecule has 0 unspecified atom stereocenters. The number of carboxylic acids is 1. The van der Waals surface area contributed by atoms with Crippen molar-refractivity contribution < 1.29 is 14.7 Å². The number of rotatable bonds is 7. The molecule has 0 spiro atoms. The zero-order chi connectivity index (χ0) is 32.3. The predicted octanol–water partition coefficient (Wildman–Crippen LogP) is 7.02. The smallest absolute Gasteiger partial charge is 0.354 e. The number of anilines is 4. The summed E-state index contributed by atoms with van der Waals surface area (Å²) in [4.78, 5) is 30.9. The van der Waals surface area contributed by atoms with E-state index in [1.165, 1.54) is 12.3 Å². The van der Waals surface area contributed by atoms with Gasteiger partial charge in [0, 0.05) is 41.9 Å². The van der Waals surface area contributed by atoms with Gasteiger partial charge in [0.15, 0.2) is 5.11 Å². The van der Waals surface area contributed by atoms with E-state index in [1.807, 2.05) is 73.7 Å². The van der Waals surface area contributed by atoms with Gasteiger partial charge in [-0.2, -0.15) is 0 Å². The van der Waals surface area contributed by atoms with Crippen LogP contribution < -0.4 is 20.9 Å². The van der Waals surface area contributed by atoms with E-state index in [4.69, 9.17) is 28.9 Å². The van der Waals surface area contributed by atoms with E-state index in [0.29, 0.717) is 27.4 Å². The second kappa shape index (κ2) is 16.0. The van der Waals surface area contributed by atoms with Gasteiger partial charge in [0.2, 0.25) is 0 Å². The maximum Gasteiger partial charge on any atom is 0.354 e. The fraction of sp³-hybridized carbons (Fsp3) is 0.235. The van der Waals surface area contributed by atoms with Crippen LogP contribution in [0.15, 0.2) is 91.1 Å². The molecule has 0 atom stereocenters. The maximum atomic E-state index is 12.5. The second-order valence-corrected chi connectivity index (χ2v) is 11.6. The molecule has 0 radical (unpaired) electrons. The fourth-order valence-corrected chi connectivity index (χ4v) is 5.44. The highest BCUT2D eigenvalue weighted by Crippen LogP contribution is 2.31. The number of thiocarbonyl (C=S) groups is 1. The first-order chi connectivity index (χ1) is 21.6. The van der Waals surface area contributed by atoms with Gasteiger partial charge in [-0.15, -0.1) is 0 Å². The summed E-state index contributed by atoms with van der Waals surface area (Å²) in [7, 11) is 4.28. The first-order valence-corrected chi connectivity index (χ1v) is 15.3. The molecule has 1 fully saturated rings. The molecule has 4 aromatic rings. The fourth-order valence-electron chi connectivity index (χ4n) is 4.90. The highest BCUT2D eigenvalue weighted by molar-refractivity contribution is 7.80. The number of likely N-dealkylation sites (tertiary alicyclic amines) is 1. The number of hydrogen-bond donors (Lipinski definition) is 4. The summed E-state index contributed by atoms with van der Waals surface area (Å²) >= 11 is 12.1. The number of carboxylic acid groups (broad SMARTS) is 1. The van der Waals surface area contributed by atoms with Crippen LogP contribution in [0.25, 0.3) is 0 Å². The molecule has 1 amide bonds. The van der Waals surface area contributed by atoms with Crippen molar-refractivity contribution in [3.05, 3.63) is 113 Å². The minimum Gasteiger partial charge on any atom is -0.477 e. The van der Waals surface area contributed by atoms with Gasteiger partial charge in [-0.3, -0.25) is 4.79 Å². The summed E-state index contributed by atoms with van der Waals surface area (Å²) < 4.78 is 0. The van der Waals surface area contributed by atoms with Crippen LogP contribution in [0.4, 0.5) is 22.7 Å². The number of carbonyl (C=O) groups excluding carboxylic acids is 1. The first kappa shape index (κ1) is 33.4. The monoisotopic (exact) mass is 644 g/mol. The van der Waals surface area contributed by atoms with Crippen molar-refractivity contribution >= 4 is 63.6 Å². The molecule has 1 aliphatic rings. The maximum absolute atomic E-state index is 12.5. The summed E-state index contributed by atoms with van der Waals surface area (Å²) in [5, 5.41) is 18.8. The topological polar surface area (TPSA) is 110 Å². The van der Waals surface area contributed by atoms with Crippen LogP contribution in [-0.2, 0) is 0 Å². The molecule has 0 bridgehead atoms. The normalized spacial score (nSPS) is 13.2. The zero-order valence-corrected chi connectivity index (χ0v) is 27.0. The molecule has 9 nitrogen and oxygen atoms in total. The Kier molecular flexibility index (Phi) is 11.9. The summed E-state index contributed by atoms with van der Waals surface area (Å²) in [5.74, 6) is -1.12. The average molecular weight is 645 g/mol. The number of nitrogens with zero attached hydrogens (tertiary/aromatic N) is 3. The van der Waals surface area contributed by atoms with Gasteiger partial charge in [0.1, 0.15) is 5.69 Å². The Hall–Kier alpha value is -4.51. The molecule has 0 aliphatic carbocycles. The van der Waals surface area contributed by atoms with E-state index >= 15 is 0 Å². The molecular weight excluding hydrogens is 608 g/mol. The van der Waals surface area contributed by atoms with Crippen LogP contribution in [0.1, 0.15) is 39.3 Å². The minimum absolute atomic E-state index is 0.0810. The number of aromatic nitrogens is 1. The Labute approximate surface area is 274 Å². The first-order valence-electron chi connectivity index (χ1n) is 14.5. The molecule has 1 aromatic heterocycles. The van der Waals surface area contributed by atoms with Crippen molar-refractivity contribution in [1.29, 1.82) is 0 Å². The van der Waals surface area contributed by atoms with Crippen molar-refractivity contribution in [3.63, 3.8) is 0 Å². The standard InChI is InChI=1S/C28H32ClN5OS.C6H5NO2/c1-19-6-4-5-7-24(19)27(35)30-20-8-10-21(11-9-20)31-28(36)32-22-12-13-26(25(29)18-22)34(3)23-14-16-33(2)17-15-23;8-6(9)5-3-1-2-4-7-5/h4-13,18,23H,14-17H2,1-3H3,(H,30,35)(H2,31,32,36);1-4H,(H,8,9). The van der Waals surface area contributed by atoms with Crippen LogP contribution in [0, 0.1) is 6.92 Å². The third kappa shape index (κ3) is 9.74. The number of nitrogens with one attached hydrogen (secondary N) is 3. The van der Waals surface area contributed by atoms with Crippen molar-refractivity contribution in [2.45, 2.75) is 25.8 Å². The third-order valence-electron chi connectivity index (χ3n) is 7.50. The van der Waals surface area contributed by atoms with Gasteiger partial charge >= 0.3 is 5.97 Å². The van der Waals surface area contributed by atoms with Crippen LogP contribution in [0.2, 0.25) is 5.02 Å². The lowest BCUT2D eigenvalue weighted by molar-refractivity contribution is 0.0690. The molecule has 2 heterocycles. The van der Waals surface area contributed by atoms with Gasteiger partial charge in [-0.25, -0.2) is 9.78 Å². The number of carbonyl (C=O) groups is 2. The summed E-state index contributed by atoms with van der Waals surface area (Å²) in [5.41, 5.74) is 5.05. The van der Waals surface area contributed by atoms with Crippen LogP contribution in [-0.4, -0.2) is 65.2 Å². The van der Waals surface area contributed by atoms with Crippen molar-refractivity contribution in [2.75, 3.05) is 48.0 Å². The molecule has 5 rings (SSSR count). The average Bonchev–Trinajstić information content (AvgIpc) is 3.03. The van der Waals surface area contributed by atoms with Crippen molar-refractivity contribution in [3.8, 4) is 0 Å².